The molecule has 0 aliphatic heterocycles. The van der Waals surface area contributed by atoms with E-state index in [0.29, 0.717) is 22.8 Å². The lowest BCUT2D eigenvalue weighted by Crippen LogP contribution is -2.04. The highest BCUT2D eigenvalue weighted by Crippen LogP contribution is 2.19. The average molecular weight is 309 g/mol. The summed E-state index contributed by atoms with van der Waals surface area (Å²) in [5, 5.41) is 18.7. The van der Waals surface area contributed by atoms with Crippen LogP contribution in [0.4, 0.5) is 0 Å². The van der Waals surface area contributed by atoms with E-state index >= 15 is 0 Å². The molecule has 0 saturated heterocycles. The molecular formula is C16H17ClO4. The third kappa shape index (κ3) is 5.36. The predicted octanol–water partition coefficient (Wildman–Crippen LogP) is 4.39. The molecule has 0 amide bonds. The van der Waals surface area contributed by atoms with Crippen molar-refractivity contribution >= 4 is 17.6 Å². The highest BCUT2D eigenvalue weighted by atomic mass is 35.5. The maximum atomic E-state index is 11.1. The molecule has 0 radical (unpaired) electrons. The van der Waals surface area contributed by atoms with Crippen molar-refractivity contribution in [3.63, 3.8) is 0 Å². The van der Waals surface area contributed by atoms with Crippen LogP contribution in [0.25, 0.3) is 0 Å². The van der Waals surface area contributed by atoms with Crippen LogP contribution in [0.1, 0.15) is 29.3 Å². The predicted molar refractivity (Wildman–Crippen MR) is 82.3 cm³/mol. The molecule has 1 rings (SSSR count). The Balaban J connectivity index is 2.93. The second-order valence-corrected chi connectivity index (χ2v) is 4.65. The minimum Gasteiger partial charge on any atom is -0.509 e. The number of carboxylic acids is 1. The van der Waals surface area contributed by atoms with E-state index in [9.17, 15) is 4.79 Å². The first kappa shape index (κ1) is 16.9. The molecule has 112 valence electrons. The number of hydrogen-bond acceptors (Lipinski definition) is 3. The molecule has 21 heavy (non-hydrogen) atoms. The molecular weight excluding hydrogens is 292 g/mol. The van der Waals surface area contributed by atoms with Crippen LogP contribution in [-0.2, 0) is 11.3 Å². The van der Waals surface area contributed by atoms with Crippen molar-refractivity contribution in [3.05, 3.63) is 70.7 Å². The number of benzene rings is 1. The van der Waals surface area contributed by atoms with Gasteiger partial charge < -0.3 is 14.9 Å². The Labute approximate surface area is 128 Å². The number of aromatic carboxylic acids is 1. The van der Waals surface area contributed by atoms with Gasteiger partial charge in [0.05, 0.1) is 10.6 Å². The van der Waals surface area contributed by atoms with Gasteiger partial charge >= 0.3 is 5.97 Å². The monoisotopic (exact) mass is 308 g/mol. The molecule has 0 aliphatic carbocycles. The second kappa shape index (κ2) is 8.17. The van der Waals surface area contributed by atoms with Crippen molar-refractivity contribution < 1.29 is 19.7 Å². The zero-order valence-electron chi connectivity index (χ0n) is 11.7. The summed E-state index contributed by atoms with van der Waals surface area (Å²) in [5.41, 5.74) is 0.722. The third-order valence-corrected chi connectivity index (χ3v) is 3.09. The van der Waals surface area contributed by atoms with Gasteiger partial charge in [-0.05, 0) is 24.6 Å². The Morgan fingerprint density at radius 1 is 1.33 bits per heavy atom. The fourth-order valence-electron chi connectivity index (χ4n) is 1.57. The first-order chi connectivity index (χ1) is 9.95. The van der Waals surface area contributed by atoms with Gasteiger partial charge in [0, 0.05) is 5.56 Å². The summed E-state index contributed by atoms with van der Waals surface area (Å²) >= 11 is 6.06. The van der Waals surface area contributed by atoms with E-state index in [1.54, 1.807) is 18.2 Å². The number of aliphatic hydroxyl groups is 1. The van der Waals surface area contributed by atoms with Gasteiger partial charge in [0.2, 0.25) is 0 Å². The average Bonchev–Trinajstić information content (AvgIpc) is 2.46. The first-order valence-electron chi connectivity index (χ1n) is 6.34. The Morgan fingerprint density at radius 3 is 2.57 bits per heavy atom. The number of carbonyl (C=O) groups is 1. The SMILES string of the molecule is C=C(O)/C=C\C(OCc1ccccc1C(=O)O)=C(\Cl)CC. The van der Waals surface area contributed by atoms with E-state index < -0.39 is 5.97 Å². The summed E-state index contributed by atoms with van der Waals surface area (Å²) in [6.07, 6.45) is 3.41. The maximum Gasteiger partial charge on any atom is 0.336 e. The Bertz CT molecular complexity index is 588. The minimum atomic E-state index is -1.01. The molecule has 0 spiro atoms. The van der Waals surface area contributed by atoms with Crippen molar-refractivity contribution in [3.8, 4) is 0 Å². The van der Waals surface area contributed by atoms with Gasteiger partial charge in [-0.2, -0.15) is 0 Å². The van der Waals surface area contributed by atoms with E-state index in [1.165, 1.54) is 18.2 Å². The van der Waals surface area contributed by atoms with Crippen LogP contribution in [0.5, 0.6) is 0 Å². The molecule has 5 heteroatoms. The molecule has 4 nitrogen and oxygen atoms in total. The lowest BCUT2D eigenvalue weighted by Gasteiger charge is -2.11. The summed E-state index contributed by atoms with van der Waals surface area (Å²) in [6.45, 7) is 5.26. The summed E-state index contributed by atoms with van der Waals surface area (Å²) < 4.78 is 5.57. The Hall–Kier alpha value is -2.20. The highest BCUT2D eigenvalue weighted by Gasteiger charge is 2.10. The first-order valence-corrected chi connectivity index (χ1v) is 6.72. The number of aliphatic hydroxyl groups excluding tert-OH is 1. The number of ether oxygens (including phenoxy) is 1. The minimum absolute atomic E-state index is 0.0657. The van der Waals surface area contributed by atoms with E-state index in [2.05, 4.69) is 6.58 Å². The molecule has 0 aliphatic rings. The van der Waals surface area contributed by atoms with Crippen molar-refractivity contribution in [1.29, 1.82) is 0 Å². The van der Waals surface area contributed by atoms with Crippen LogP contribution in [0, 0.1) is 0 Å². The van der Waals surface area contributed by atoms with Gasteiger partial charge in [-0.25, -0.2) is 4.79 Å². The van der Waals surface area contributed by atoms with E-state index in [0.717, 1.165) is 0 Å². The molecule has 0 saturated carbocycles. The zero-order chi connectivity index (χ0) is 15.8. The van der Waals surface area contributed by atoms with Crippen molar-refractivity contribution in [2.24, 2.45) is 0 Å². The largest absolute Gasteiger partial charge is 0.509 e. The van der Waals surface area contributed by atoms with Gasteiger partial charge in [-0.15, -0.1) is 0 Å². The van der Waals surface area contributed by atoms with Gasteiger partial charge in [-0.3, -0.25) is 0 Å². The number of hydrogen-bond donors (Lipinski definition) is 2. The van der Waals surface area contributed by atoms with Gasteiger partial charge in [-0.1, -0.05) is 43.3 Å². The summed E-state index contributed by atoms with van der Waals surface area (Å²) in [6, 6.07) is 6.58. The van der Waals surface area contributed by atoms with Crippen molar-refractivity contribution in [1.82, 2.24) is 0 Å². The van der Waals surface area contributed by atoms with Crippen LogP contribution >= 0.6 is 11.6 Å². The van der Waals surface area contributed by atoms with Crippen LogP contribution in [0.15, 0.2) is 59.5 Å². The Kier molecular flexibility index (Phi) is 6.56. The van der Waals surface area contributed by atoms with E-state index in [4.69, 9.17) is 26.6 Å². The smallest absolute Gasteiger partial charge is 0.336 e. The molecule has 0 heterocycles. The third-order valence-electron chi connectivity index (χ3n) is 2.64. The number of halogens is 1. The quantitative estimate of drug-likeness (QED) is 0.579. The molecule has 0 bridgehead atoms. The topological polar surface area (TPSA) is 66.8 Å². The summed E-state index contributed by atoms with van der Waals surface area (Å²) in [7, 11) is 0. The number of rotatable bonds is 7. The van der Waals surface area contributed by atoms with Crippen molar-refractivity contribution in [2.75, 3.05) is 0 Å². The van der Waals surface area contributed by atoms with Crippen LogP contribution < -0.4 is 0 Å². The molecule has 1 aromatic rings. The van der Waals surface area contributed by atoms with Crippen molar-refractivity contribution in [2.45, 2.75) is 20.0 Å². The Morgan fingerprint density at radius 2 is 2.00 bits per heavy atom. The molecule has 0 unspecified atom stereocenters. The van der Waals surface area contributed by atoms with Crippen LogP contribution in [0.2, 0.25) is 0 Å². The van der Waals surface area contributed by atoms with E-state index in [-0.39, 0.29) is 17.9 Å². The van der Waals surface area contributed by atoms with Gasteiger partial charge in [0.15, 0.2) is 0 Å². The highest BCUT2D eigenvalue weighted by molar-refractivity contribution is 6.29. The normalized spacial score (nSPS) is 12.1. The summed E-state index contributed by atoms with van der Waals surface area (Å²) in [4.78, 5) is 11.1. The maximum absolute atomic E-state index is 11.1. The second-order valence-electron chi connectivity index (χ2n) is 4.20. The fraction of sp³-hybridized carbons (Fsp3) is 0.188. The number of carboxylic acid groups (broad SMARTS) is 1. The lowest BCUT2D eigenvalue weighted by atomic mass is 10.1. The molecule has 0 aromatic heterocycles. The summed E-state index contributed by atoms with van der Waals surface area (Å²) in [5.74, 6) is -0.766. The molecule has 0 atom stereocenters. The molecule has 1 aromatic carbocycles. The van der Waals surface area contributed by atoms with Gasteiger partial charge in [0.25, 0.3) is 0 Å². The van der Waals surface area contributed by atoms with Gasteiger partial charge in [0.1, 0.15) is 18.1 Å². The molecule has 0 fully saturated rings. The zero-order valence-corrected chi connectivity index (χ0v) is 12.4. The van der Waals surface area contributed by atoms with Crippen LogP contribution in [-0.4, -0.2) is 16.2 Å². The standard InChI is InChI=1S/C16H17ClO4/c1-3-14(17)15(9-8-11(2)18)21-10-12-6-4-5-7-13(12)16(19)20/h4-9,18H,2-3,10H2,1H3,(H,19,20)/b9-8-,15-14-. The molecule has 2 N–H and O–H groups in total. The number of allylic oxidation sites excluding steroid dienone is 3. The van der Waals surface area contributed by atoms with E-state index in [1.807, 2.05) is 6.92 Å². The van der Waals surface area contributed by atoms with Crippen LogP contribution in [0.3, 0.4) is 0 Å². The lowest BCUT2D eigenvalue weighted by molar-refractivity contribution is 0.0692. The fourth-order valence-corrected chi connectivity index (χ4v) is 1.69.